The fourth-order valence-corrected chi connectivity index (χ4v) is 5.23. The highest BCUT2D eigenvalue weighted by Crippen LogP contribution is 2.40. The number of benzene rings is 1. The molecule has 1 aliphatic carbocycles. The molecule has 39 heavy (non-hydrogen) atoms. The first-order valence-electron chi connectivity index (χ1n) is 13.3. The van der Waals surface area contributed by atoms with Gasteiger partial charge in [0.15, 0.2) is 17.2 Å². The molecule has 1 aliphatic heterocycles. The summed E-state index contributed by atoms with van der Waals surface area (Å²) in [5.41, 5.74) is 3.94. The lowest BCUT2D eigenvalue weighted by Crippen LogP contribution is -2.20. The molecule has 10 nitrogen and oxygen atoms in total. The lowest BCUT2D eigenvalue weighted by atomic mass is 10.1. The van der Waals surface area contributed by atoms with Crippen LogP contribution in [0.1, 0.15) is 49.7 Å². The van der Waals surface area contributed by atoms with E-state index in [9.17, 15) is 4.79 Å². The number of nitrogens with zero attached hydrogens (tertiary/aromatic N) is 5. The number of anilines is 3. The number of pyridine rings is 1. The molecule has 2 aliphatic rings. The van der Waals surface area contributed by atoms with Crippen LogP contribution in [0.4, 0.5) is 21.6 Å². The summed E-state index contributed by atoms with van der Waals surface area (Å²) in [6.07, 6.45) is 6.33. The van der Waals surface area contributed by atoms with Crippen LogP contribution in [0.15, 0.2) is 24.4 Å². The molecule has 1 saturated heterocycles. The number of hydrogen-bond donors (Lipinski definition) is 2. The molecular weight excluding hydrogens is 501 g/mol. The van der Waals surface area contributed by atoms with Crippen LogP contribution < -0.4 is 15.4 Å². The summed E-state index contributed by atoms with van der Waals surface area (Å²) < 4.78 is 31.0. The van der Waals surface area contributed by atoms with E-state index in [4.69, 9.17) is 19.4 Å². The number of methoxy groups -OCH3 is 1. The molecule has 4 heterocycles. The zero-order chi connectivity index (χ0) is 27.3. The minimum Gasteiger partial charge on any atom is -0.492 e. The highest BCUT2D eigenvalue weighted by Gasteiger charge is 2.31. The molecule has 1 amide bonds. The zero-order valence-electron chi connectivity index (χ0n) is 22.5. The van der Waals surface area contributed by atoms with Crippen LogP contribution in [-0.4, -0.2) is 43.9 Å². The van der Waals surface area contributed by atoms with E-state index in [1.807, 2.05) is 24.6 Å². The van der Waals surface area contributed by atoms with Gasteiger partial charge in [-0.2, -0.15) is 5.10 Å². The van der Waals surface area contributed by atoms with Crippen LogP contribution in [0.25, 0.3) is 22.4 Å². The minimum atomic E-state index is -0.519. The van der Waals surface area contributed by atoms with Crippen LogP contribution in [0.2, 0.25) is 0 Å². The molecule has 1 saturated carbocycles. The van der Waals surface area contributed by atoms with E-state index in [0.717, 1.165) is 43.5 Å². The number of carbonyl (C=O) groups excluding carboxylic acids is 1. The Bertz CT molecular complexity index is 1570. The number of aromatic nitrogens is 5. The Morgan fingerprint density at radius 3 is 2.64 bits per heavy atom. The maximum atomic E-state index is 15.8. The Morgan fingerprint density at radius 1 is 1.15 bits per heavy atom. The first kappa shape index (κ1) is 25.3. The second-order valence-electron chi connectivity index (χ2n) is 10.3. The molecule has 11 heteroatoms. The molecule has 1 aromatic carbocycles. The molecule has 6 rings (SSSR count). The standard InChI is InChI=1S/C28H32FN7O3/c1-15-14-35(3)34-24(15)18-10-11-19(26(38-4)23(18)29)31-20-13-21(33-28(37)17-8-9-17)32-27-25(20)30-16(2)36(27)22-7-5-6-12-39-22/h10-11,13-14,17,22H,5-9,12H2,1-4H3,(H2,31,32,33,37). The van der Waals surface area contributed by atoms with Gasteiger partial charge >= 0.3 is 0 Å². The van der Waals surface area contributed by atoms with Gasteiger partial charge in [0.05, 0.1) is 24.2 Å². The Hall–Kier alpha value is -3.99. The number of hydrogen-bond acceptors (Lipinski definition) is 7. The average Bonchev–Trinajstić information content (AvgIpc) is 3.64. The number of aryl methyl sites for hydroxylation is 3. The third kappa shape index (κ3) is 4.71. The summed E-state index contributed by atoms with van der Waals surface area (Å²) in [6, 6.07) is 5.17. The Labute approximate surface area is 225 Å². The lowest BCUT2D eigenvalue weighted by molar-refractivity contribution is -0.117. The second kappa shape index (κ2) is 9.96. The van der Waals surface area contributed by atoms with E-state index < -0.39 is 5.82 Å². The zero-order valence-corrected chi connectivity index (χ0v) is 22.5. The van der Waals surface area contributed by atoms with Crippen LogP contribution in [-0.2, 0) is 16.6 Å². The monoisotopic (exact) mass is 533 g/mol. The predicted octanol–water partition coefficient (Wildman–Crippen LogP) is 5.39. The SMILES string of the molecule is COc1c(Nc2cc(NC(=O)C3CC3)nc3c2nc(C)n3C2CCCCO2)ccc(-c2nn(C)cc2C)c1F. The van der Waals surface area contributed by atoms with Gasteiger partial charge in [-0.25, -0.2) is 14.4 Å². The van der Waals surface area contributed by atoms with E-state index in [2.05, 4.69) is 15.7 Å². The smallest absolute Gasteiger partial charge is 0.228 e. The molecule has 1 unspecified atom stereocenters. The average molecular weight is 534 g/mol. The number of fused-ring (bicyclic) bond motifs is 1. The number of amides is 1. The van der Waals surface area contributed by atoms with Crippen LogP contribution in [0, 0.1) is 25.6 Å². The Kier molecular flexibility index (Phi) is 6.46. The van der Waals surface area contributed by atoms with Crippen molar-refractivity contribution < 1.29 is 18.7 Å². The van der Waals surface area contributed by atoms with Crippen LogP contribution in [0.3, 0.4) is 0 Å². The van der Waals surface area contributed by atoms with Gasteiger partial charge in [-0.1, -0.05) is 0 Å². The van der Waals surface area contributed by atoms with E-state index in [1.165, 1.54) is 7.11 Å². The lowest BCUT2D eigenvalue weighted by Gasteiger charge is -2.25. The van der Waals surface area contributed by atoms with Gasteiger partial charge in [-0.3, -0.25) is 14.0 Å². The molecule has 1 atom stereocenters. The third-order valence-electron chi connectivity index (χ3n) is 7.31. The maximum absolute atomic E-state index is 15.8. The number of imidazole rings is 1. The maximum Gasteiger partial charge on any atom is 0.228 e. The molecule has 0 bridgehead atoms. The summed E-state index contributed by atoms with van der Waals surface area (Å²) in [5, 5.41) is 10.7. The van der Waals surface area contributed by atoms with E-state index >= 15 is 4.39 Å². The van der Waals surface area contributed by atoms with Crippen molar-refractivity contribution in [3.63, 3.8) is 0 Å². The van der Waals surface area contributed by atoms with Crippen LogP contribution >= 0.6 is 0 Å². The highest BCUT2D eigenvalue weighted by atomic mass is 19.1. The van der Waals surface area contributed by atoms with Gasteiger partial charge < -0.3 is 20.1 Å². The van der Waals surface area contributed by atoms with Crippen LogP contribution in [0.5, 0.6) is 5.75 Å². The third-order valence-corrected chi connectivity index (χ3v) is 7.31. The highest BCUT2D eigenvalue weighted by molar-refractivity contribution is 5.97. The first-order valence-corrected chi connectivity index (χ1v) is 13.3. The van der Waals surface area contributed by atoms with E-state index in [-0.39, 0.29) is 23.8 Å². The van der Waals surface area contributed by atoms with Gasteiger partial charge in [-0.15, -0.1) is 0 Å². The quantitative estimate of drug-likeness (QED) is 0.328. The number of rotatable bonds is 7. The minimum absolute atomic E-state index is 0.0176. The van der Waals surface area contributed by atoms with Gasteiger partial charge in [0.1, 0.15) is 23.4 Å². The number of ether oxygens (including phenoxy) is 2. The summed E-state index contributed by atoms with van der Waals surface area (Å²) in [6.45, 7) is 4.47. The van der Waals surface area contributed by atoms with Crippen molar-refractivity contribution in [3.8, 4) is 17.0 Å². The molecule has 2 N–H and O–H groups in total. The van der Waals surface area contributed by atoms with Gasteiger partial charge in [0, 0.05) is 37.4 Å². The van der Waals surface area contributed by atoms with Crippen molar-refractivity contribution in [3.05, 3.63) is 41.6 Å². The Balaban J connectivity index is 1.44. The predicted molar refractivity (Wildman–Crippen MR) is 146 cm³/mol. The summed E-state index contributed by atoms with van der Waals surface area (Å²) >= 11 is 0. The fraction of sp³-hybridized carbons (Fsp3) is 0.429. The van der Waals surface area contributed by atoms with Gasteiger partial charge in [0.2, 0.25) is 5.91 Å². The topological polar surface area (TPSA) is 108 Å². The largest absolute Gasteiger partial charge is 0.492 e. The molecule has 204 valence electrons. The van der Waals surface area contributed by atoms with Crippen molar-refractivity contribution in [2.24, 2.45) is 13.0 Å². The number of carbonyl (C=O) groups is 1. The van der Waals surface area contributed by atoms with Gasteiger partial charge in [-0.05, 0) is 63.6 Å². The summed E-state index contributed by atoms with van der Waals surface area (Å²) in [5.74, 6) is 0.649. The van der Waals surface area contributed by atoms with Crippen molar-refractivity contribution in [1.29, 1.82) is 0 Å². The molecule has 0 spiro atoms. The fourth-order valence-electron chi connectivity index (χ4n) is 5.23. The number of halogens is 1. The summed E-state index contributed by atoms with van der Waals surface area (Å²) in [7, 11) is 3.23. The number of nitrogens with one attached hydrogen (secondary N) is 2. The van der Waals surface area contributed by atoms with Crippen molar-refractivity contribution in [1.82, 2.24) is 24.3 Å². The Morgan fingerprint density at radius 2 is 1.97 bits per heavy atom. The van der Waals surface area contributed by atoms with E-state index in [1.54, 1.807) is 29.9 Å². The van der Waals surface area contributed by atoms with Crippen molar-refractivity contribution >= 4 is 34.3 Å². The molecule has 2 fully saturated rings. The summed E-state index contributed by atoms with van der Waals surface area (Å²) in [4.78, 5) is 22.2. The molecule has 4 aromatic rings. The van der Waals surface area contributed by atoms with Gasteiger partial charge in [0.25, 0.3) is 0 Å². The molecular formula is C28H32FN7O3. The first-order chi connectivity index (χ1) is 18.8. The molecule has 3 aromatic heterocycles. The van der Waals surface area contributed by atoms with Crippen molar-refractivity contribution in [2.75, 3.05) is 24.4 Å². The normalized spacial score (nSPS) is 17.4. The van der Waals surface area contributed by atoms with Crippen molar-refractivity contribution in [2.45, 2.75) is 52.2 Å². The second-order valence-corrected chi connectivity index (χ2v) is 10.3. The molecule has 0 radical (unpaired) electrons. The van der Waals surface area contributed by atoms with E-state index in [0.29, 0.717) is 46.2 Å².